The molecule has 4 heterocycles. The van der Waals surface area contributed by atoms with E-state index < -0.39 is 79.7 Å². The Labute approximate surface area is 293 Å². The summed E-state index contributed by atoms with van der Waals surface area (Å²) in [6.45, 7) is 2.93. The molecule has 274 valence electrons. The van der Waals surface area contributed by atoms with Gasteiger partial charge in [0.05, 0.1) is 25.7 Å². The number of allylic oxidation sites excluding steroid dienone is 2. The normalized spacial score (nSPS) is 37.6. The van der Waals surface area contributed by atoms with Crippen LogP contribution in [0.25, 0.3) is 0 Å². The van der Waals surface area contributed by atoms with Crippen molar-refractivity contribution < 1.29 is 63.3 Å². The Morgan fingerprint density at radius 1 is 0.941 bits per heavy atom. The van der Waals surface area contributed by atoms with E-state index in [0.717, 1.165) is 16.2 Å². The summed E-state index contributed by atoms with van der Waals surface area (Å²) in [6, 6.07) is 14.5. The van der Waals surface area contributed by atoms with Gasteiger partial charge in [0.15, 0.2) is 18.9 Å². The lowest BCUT2D eigenvalue weighted by atomic mass is 9.95. The van der Waals surface area contributed by atoms with Gasteiger partial charge in [-0.05, 0) is 24.1 Å². The average Bonchev–Trinajstić information content (AvgIpc) is 3.45. The molecule has 0 bridgehead atoms. The minimum atomic E-state index is -1.67. The third-order valence-electron chi connectivity index (χ3n) is 9.57. The number of amides is 2. The van der Waals surface area contributed by atoms with Gasteiger partial charge < -0.3 is 54.2 Å². The summed E-state index contributed by atoms with van der Waals surface area (Å²) in [5, 5.41) is 48.9. The first kappa shape index (κ1) is 35.8. The number of carbonyl (C=O) groups excluding carboxylic acids is 2. The minimum absolute atomic E-state index is 0.00213. The zero-order chi connectivity index (χ0) is 35.8. The summed E-state index contributed by atoms with van der Waals surface area (Å²) in [6.07, 6.45) is -8.04. The molecule has 51 heavy (non-hydrogen) atoms. The van der Waals surface area contributed by atoms with Gasteiger partial charge in [-0.2, -0.15) is 0 Å². The largest absolute Gasteiger partial charge is 0.387 e. The number of aliphatic hydroxyl groups excluding tert-OH is 4. The molecule has 0 radical (unpaired) electrons. The molecule has 2 amide bonds. The molecule has 15 heteroatoms. The summed E-state index contributed by atoms with van der Waals surface area (Å²) in [5.74, 6) is -1.14. The highest BCUT2D eigenvalue weighted by Crippen LogP contribution is 2.37. The number of nitrogens with one attached hydrogen (secondary N) is 1. The lowest BCUT2D eigenvalue weighted by molar-refractivity contribution is -0.386. The van der Waals surface area contributed by atoms with Crippen molar-refractivity contribution in [3.8, 4) is 0 Å². The molecule has 12 unspecified atom stereocenters. The van der Waals surface area contributed by atoms with Crippen LogP contribution >= 0.6 is 0 Å². The Morgan fingerprint density at radius 3 is 2.47 bits per heavy atom. The van der Waals surface area contributed by atoms with Crippen molar-refractivity contribution in [2.75, 3.05) is 18.5 Å². The van der Waals surface area contributed by atoms with Crippen LogP contribution in [0, 0.1) is 12.8 Å². The van der Waals surface area contributed by atoms with E-state index in [2.05, 4.69) is 5.32 Å². The van der Waals surface area contributed by atoms with Crippen LogP contribution in [0.3, 0.4) is 0 Å². The Kier molecular flexibility index (Phi) is 10.7. The highest BCUT2D eigenvalue weighted by atomic mass is 16.8. The molecule has 2 aromatic carbocycles. The van der Waals surface area contributed by atoms with Crippen LogP contribution in [-0.2, 0) is 49.5 Å². The molecule has 7 rings (SSSR count). The van der Waals surface area contributed by atoms with E-state index >= 15 is 0 Å². The number of aliphatic hydroxyl groups is 4. The summed E-state index contributed by atoms with van der Waals surface area (Å²) in [7, 11) is 0. The van der Waals surface area contributed by atoms with Crippen LogP contribution in [0.1, 0.15) is 29.9 Å². The van der Waals surface area contributed by atoms with Crippen molar-refractivity contribution in [2.45, 2.75) is 94.3 Å². The molecule has 0 aromatic heterocycles. The molecule has 5 N–H and O–H groups in total. The third-order valence-corrected chi connectivity index (χ3v) is 9.57. The Bertz CT molecular complexity index is 1620. The first-order valence-electron chi connectivity index (χ1n) is 16.9. The second-order valence-electron chi connectivity index (χ2n) is 13.2. The molecule has 13 atom stereocenters. The predicted molar refractivity (Wildman–Crippen MR) is 175 cm³/mol. The van der Waals surface area contributed by atoms with Crippen molar-refractivity contribution in [3.63, 3.8) is 0 Å². The summed E-state index contributed by atoms with van der Waals surface area (Å²) < 4.78 is 36.1. The number of hydrogen-bond acceptors (Lipinski definition) is 13. The lowest BCUT2D eigenvalue weighted by Gasteiger charge is -2.49. The number of fused-ring (bicyclic) bond motifs is 2. The first-order valence-corrected chi connectivity index (χ1v) is 16.9. The van der Waals surface area contributed by atoms with E-state index in [4.69, 9.17) is 33.3 Å². The standard InChI is InChI=1S/C36H42N2O13/c1-18-12-13-20(14-23(18)37-19(2)39)16-45-35-29(42)27(40)31(25(47-35)15-38-33(44)22-10-6-7-11-24(22)51-38)50-36-30(43)28(41)32-26(48-36)17-46-34(49-32)21-8-4-3-5-9-21/h3-14,22,24-32,34-36,40-43H,15-17H2,1-2H3,(H,37,39)/t22?,24-,25?,26?,27?,28?,29?,30?,31?,32?,34?,35?,36?/m1/s1. The highest BCUT2D eigenvalue weighted by Gasteiger charge is 2.54. The maximum atomic E-state index is 13.3. The molecule has 4 aliphatic heterocycles. The van der Waals surface area contributed by atoms with E-state index in [9.17, 15) is 30.0 Å². The van der Waals surface area contributed by atoms with Gasteiger partial charge in [-0.15, -0.1) is 0 Å². The first-order chi connectivity index (χ1) is 24.6. The van der Waals surface area contributed by atoms with Crippen LogP contribution in [0.4, 0.5) is 5.69 Å². The average molecular weight is 711 g/mol. The van der Waals surface area contributed by atoms with Gasteiger partial charge in [-0.1, -0.05) is 66.8 Å². The number of hydrogen-bond donors (Lipinski definition) is 5. The van der Waals surface area contributed by atoms with Crippen LogP contribution in [0.5, 0.6) is 0 Å². The van der Waals surface area contributed by atoms with Crippen molar-refractivity contribution in [1.29, 1.82) is 0 Å². The quantitative estimate of drug-likeness (QED) is 0.245. The van der Waals surface area contributed by atoms with Crippen LogP contribution in [0.2, 0.25) is 0 Å². The molecule has 4 fully saturated rings. The van der Waals surface area contributed by atoms with Crippen molar-refractivity contribution in [2.24, 2.45) is 5.92 Å². The summed E-state index contributed by atoms with van der Waals surface area (Å²) in [5.41, 5.74) is 2.81. The van der Waals surface area contributed by atoms with Gasteiger partial charge >= 0.3 is 0 Å². The molecule has 0 spiro atoms. The number of anilines is 1. The number of nitrogens with zero attached hydrogens (tertiary/aromatic N) is 1. The van der Waals surface area contributed by atoms with Gasteiger partial charge in [0, 0.05) is 18.2 Å². The SMILES string of the molecule is CC(=O)Nc1cc(COC2OC(CN3O[C@@H]4C=CC=CC4C3=O)C(OC3OC4COC(c5ccccc5)OC4C(O)C3O)C(O)C2O)ccc1C. The smallest absolute Gasteiger partial charge is 0.256 e. The fraction of sp³-hybridized carbons (Fsp3) is 0.500. The predicted octanol–water partition coefficient (Wildman–Crippen LogP) is 0.747. The topological polar surface area (TPSA) is 195 Å². The van der Waals surface area contributed by atoms with Crippen molar-refractivity contribution in [1.82, 2.24) is 5.06 Å². The fourth-order valence-corrected chi connectivity index (χ4v) is 6.82. The number of aryl methyl sites for hydroxylation is 1. The summed E-state index contributed by atoms with van der Waals surface area (Å²) in [4.78, 5) is 30.8. The van der Waals surface area contributed by atoms with Gasteiger partial charge in [0.1, 0.15) is 54.9 Å². The minimum Gasteiger partial charge on any atom is -0.387 e. The second-order valence-corrected chi connectivity index (χ2v) is 13.2. The van der Waals surface area contributed by atoms with Gasteiger partial charge in [0.2, 0.25) is 5.91 Å². The van der Waals surface area contributed by atoms with Crippen LogP contribution < -0.4 is 5.32 Å². The number of benzene rings is 2. The second kappa shape index (κ2) is 15.2. The lowest BCUT2D eigenvalue weighted by Crippen LogP contribution is -2.66. The van der Waals surface area contributed by atoms with Gasteiger partial charge in [-0.25, -0.2) is 5.06 Å². The van der Waals surface area contributed by atoms with E-state index in [-0.39, 0.29) is 31.6 Å². The Hall–Kier alpha value is -3.58. The molecule has 2 aromatic rings. The van der Waals surface area contributed by atoms with E-state index in [1.165, 1.54) is 6.92 Å². The molecule has 0 saturated carbocycles. The van der Waals surface area contributed by atoms with Crippen LogP contribution in [-0.4, -0.2) is 118 Å². The van der Waals surface area contributed by atoms with Gasteiger partial charge in [0.25, 0.3) is 5.91 Å². The maximum absolute atomic E-state index is 13.3. The molecular weight excluding hydrogens is 668 g/mol. The monoisotopic (exact) mass is 710 g/mol. The molecular formula is C36H42N2O13. The number of rotatable bonds is 9. The number of hydroxylamine groups is 2. The molecule has 15 nitrogen and oxygen atoms in total. The van der Waals surface area contributed by atoms with E-state index in [1.807, 2.05) is 37.3 Å². The fourth-order valence-electron chi connectivity index (χ4n) is 6.82. The number of carbonyl (C=O) groups is 2. The molecule has 5 aliphatic rings. The zero-order valence-electron chi connectivity index (χ0n) is 28.0. The van der Waals surface area contributed by atoms with Crippen LogP contribution in [0.15, 0.2) is 72.8 Å². The molecule has 4 saturated heterocycles. The third kappa shape index (κ3) is 7.51. The van der Waals surface area contributed by atoms with Crippen molar-refractivity contribution in [3.05, 3.63) is 89.5 Å². The Balaban J connectivity index is 1.07. The van der Waals surface area contributed by atoms with E-state index in [1.54, 1.807) is 42.5 Å². The zero-order valence-corrected chi connectivity index (χ0v) is 28.0. The summed E-state index contributed by atoms with van der Waals surface area (Å²) >= 11 is 0. The van der Waals surface area contributed by atoms with Crippen molar-refractivity contribution >= 4 is 17.5 Å². The maximum Gasteiger partial charge on any atom is 0.256 e. The Morgan fingerprint density at radius 2 is 1.71 bits per heavy atom. The number of ether oxygens (including phenoxy) is 6. The van der Waals surface area contributed by atoms with E-state index in [0.29, 0.717) is 11.3 Å². The van der Waals surface area contributed by atoms with Gasteiger partial charge in [-0.3, -0.25) is 14.4 Å². The highest BCUT2D eigenvalue weighted by molar-refractivity contribution is 5.89. The molecule has 1 aliphatic carbocycles.